The van der Waals surface area contributed by atoms with Crippen LogP contribution >= 0.6 is 0 Å². The monoisotopic (exact) mass is 292 g/mol. The number of rotatable bonds is 1. The highest BCUT2D eigenvalue weighted by Crippen LogP contribution is 2.41. The third kappa shape index (κ3) is 2.01. The lowest BCUT2D eigenvalue weighted by molar-refractivity contribution is 0.182. The van der Waals surface area contributed by atoms with Crippen LogP contribution in [0.3, 0.4) is 0 Å². The first-order chi connectivity index (χ1) is 10.7. The molecule has 4 rings (SSSR count). The lowest BCUT2D eigenvalue weighted by Crippen LogP contribution is -2.28. The molecule has 3 heteroatoms. The van der Waals surface area contributed by atoms with Gasteiger partial charge in [-0.3, -0.25) is 0 Å². The standard InChI is InChI=1S/C19H16O3/c1-12-11-15(13-7-3-2-4-8-13)17-18(21-12)14-9-5-6-10-16(14)22-19(17)20/h2-10,12,15H,11H2,1H3/t12-,15-/m0/s1. The van der Waals surface area contributed by atoms with E-state index >= 15 is 0 Å². The van der Waals surface area contributed by atoms with Crippen LogP contribution in [0.25, 0.3) is 11.0 Å². The summed E-state index contributed by atoms with van der Waals surface area (Å²) in [5.41, 5.74) is 2.05. The number of benzene rings is 2. The van der Waals surface area contributed by atoms with Crippen molar-refractivity contribution in [2.75, 3.05) is 0 Å². The van der Waals surface area contributed by atoms with Gasteiger partial charge in [0.25, 0.3) is 0 Å². The van der Waals surface area contributed by atoms with E-state index in [-0.39, 0.29) is 17.6 Å². The Hall–Kier alpha value is -2.55. The minimum atomic E-state index is -0.297. The van der Waals surface area contributed by atoms with Gasteiger partial charge in [0.1, 0.15) is 11.3 Å². The van der Waals surface area contributed by atoms with Gasteiger partial charge in [-0.25, -0.2) is 4.79 Å². The number of fused-ring (bicyclic) bond motifs is 3. The van der Waals surface area contributed by atoms with E-state index in [9.17, 15) is 4.79 Å². The van der Waals surface area contributed by atoms with Crippen molar-refractivity contribution in [2.24, 2.45) is 0 Å². The smallest absolute Gasteiger partial charge is 0.343 e. The highest BCUT2D eigenvalue weighted by molar-refractivity contribution is 5.85. The third-order valence-corrected chi connectivity index (χ3v) is 4.24. The summed E-state index contributed by atoms with van der Waals surface area (Å²) in [5, 5.41) is 0.865. The average Bonchev–Trinajstić information content (AvgIpc) is 2.55. The Morgan fingerprint density at radius 3 is 2.55 bits per heavy atom. The predicted octanol–water partition coefficient (Wildman–Crippen LogP) is 4.10. The molecule has 22 heavy (non-hydrogen) atoms. The van der Waals surface area contributed by atoms with Gasteiger partial charge >= 0.3 is 5.63 Å². The molecule has 0 saturated heterocycles. The molecule has 0 bridgehead atoms. The van der Waals surface area contributed by atoms with Gasteiger partial charge in [-0.1, -0.05) is 42.5 Å². The molecule has 1 aliphatic heterocycles. The Bertz CT molecular complexity index is 880. The zero-order valence-electron chi connectivity index (χ0n) is 12.3. The Morgan fingerprint density at radius 2 is 1.73 bits per heavy atom. The van der Waals surface area contributed by atoms with Gasteiger partial charge in [0, 0.05) is 5.92 Å². The van der Waals surface area contributed by atoms with Crippen LogP contribution in [0.15, 0.2) is 63.8 Å². The molecule has 110 valence electrons. The van der Waals surface area contributed by atoms with Crippen LogP contribution in [0.2, 0.25) is 0 Å². The minimum Gasteiger partial charge on any atom is -0.489 e. The summed E-state index contributed by atoms with van der Waals surface area (Å²) in [6, 6.07) is 17.6. The fraction of sp³-hybridized carbons (Fsp3) is 0.211. The highest BCUT2D eigenvalue weighted by atomic mass is 16.5. The van der Waals surface area contributed by atoms with Crippen LogP contribution < -0.4 is 10.4 Å². The van der Waals surface area contributed by atoms with Crippen molar-refractivity contribution >= 4 is 11.0 Å². The number of hydrogen-bond acceptors (Lipinski definition) is 3. The second kappa shape index (κ2) is 5.02. The number of para-hydroxylation sites is 1. The molecule has 0 fully saturated rings. The van der Waals surface area contributed by atoms with Crippen LogP contribution in [0, 0.1) is 0 Å². The number of ether oxygens (including phenoxy) is 1. The zero-order valence-corrected chi connectivity index (χ0v) is 12.3. The molecule has 0 unspecified atom stereocenters. The maximum absolute atomic E-state index is 12.5. The first kappa shape index (κ1) is 13.1. The van der Waals surface area contributed by atoms with E-state index in [1.165, 1.54) is 0 Å². The minimum absolute atomic E-state index is 0.0146. The fourth-order valence-electron chi connectivity index (χ4n) is 3.25. The van der Waals surface area contributed by atoms with E-state index in [0.717, 1.165) is 17.4 Å². The van der Waals surface area contributed by atoms with Crippen molar-refractivity contribution in [3.8, 4) is 5.75 Å². The van der Waals surface area contributed by atoms with E-state index in [0.29, 0.717) is 16.9 Å². The molecule has 0 N–H and O–H groups in total. The molecule has 2 aromatic carbocycles. The second-order valence-electron chi connectivity index (χ2n) is 5.76. The normalized spacial score (nSPS) is 20.4. The molecular weight excluding hydrogens is 276 g/mol. The summed E-state index contributed by atoms with van der Waals surface area (Å²) in [4.78, 5) is 12.5. The lowest BCUT2D eigenvalue weighted by Gasteiger charge is -2.30. The van der Waals surface area contributed by atoms with Crippen molar-refractivity contribution in [3.63, 3.8) is 0 Å². The molecule has 0 amide bonds. The summed E-state index contributed by atoms with van der Waals surface area (Å²) in [7, 11) is 0. The quantitative estimate of drug-likeness (QED) is 0.634. The molecule has 0 saturated carbocycles. The second-order valence-corrected chi connectivity index (χ2v) is 5.76. The van der Waals surface area contributed by atoms with Gasteiger partial charge in [0.05, 0.1) is 17.1 Å². The van der Waals surface area contributed by atoms with Gasteiger partial charge in [-0.05, 0) is 31.0 Å². The Balaban J connectivity index is 2.01. The zero-order chi connectivity index (χ0) is 15.1. The van der Waals surface area contributed by atoms with Gasteiger partial charge < -0.3 is 9.15 Å². The maximum atomic E-state index is 12.5. The predicted molar refractivity (Wildman–Crippen MR) is 85.5 cm³/mol. The first-order valence-electron chi connectivity index (χ1n) is 7.51. The SMILES string of the molecule is C[C@H]1C[C@@H](c2ccccc2)c2c(c3ccccc3oc2=O)O1. The van der Waals surface area contributed by atoms with Crippen LogP contribution in [0.1, 0.15) is 30.4 Å². The molecule has 0 radical (unpaired) electrons. The molecule has 0 spiro atoms. The van der Waals surface area contributed by atoms with E-state index in [1.807, 2.05) is 43.3 Å². The maximum Gasteiger partial charge on any atom is 0.343 e. The molecule has 3 nitrogen and oxygen atoms in total. The molecular formula is C19H16O3. The van der Waals surface area contributed by atoms with Crippen LogP contribution in [0.5, 0.6) is 5.75 Å². The molecule has 1 aromatic heterocycles. The topological polar surface area (TPSA) is 39.4 Å². The molecule has 0 aliphatic carbocycles. The van der Waals surface area contributed by atoms with Gasteiger partial charge in [-0.15, -0.1) is 0 Å². The Labute approximate surface area is 128 Å². The first-order valence-corrected chi connectivity index (χ1v) is 7.51. The van der Waals surface area contributed by atoms with E-state index in [1.54, 1.807) is 6.07 Å². The summed E-state index contributed by atoms with van der Waals surface area (Å²) >= 11 is 0. The molecule has 2 heterocycles. The summed E-state index contributed by atoms with van der Waals surface area (Å²) in [5.74, 6) is 0.695. The fourth-order valence-corrected chi connectivity index (χ4v) is 3.25. The van der Waals surface area contributed by atoms with Crippen molar-refractivity contribution in [3.05, 3.63) is 76.1 Å². The number of hydrogen-bond donors (Lipinski definition) is 0. The van der Waals surface area contributed by atoms with E-state index in [2.05, 4.69) is 12.1 Å². The third-order valence-electron chi connectivity index (χ3n) is 4.24. The van der Waals surface area contributed by atoms with Gasteiger partial charge in [-0.2, -0.15) is 0 Å². The van der Waals surface area contributed by atoms with Crippen molar-refractivity contribution in [1.82, 2.24) is 0 Å². The van der Waals surface area contributed by atoms with Gasteiger partial charge in [0.15, 0.2) is 0 Å². The van der Waals surface area contributed by atoms with Crippen molar-refractivity contribution < 1.29 is 9.15 Å². The summed E-state index contributed by atoms with van der Waals surface area (Å²) < 4.78 is 11.5. The lowest BCUT2D eigenvalue weighted by atomic mass is 9.85. The van der Waals surface area contributed by atoms with E-state index < -0.39 is 0 Å². The van der Waals surface area contributed by atoms with Gasteiger partial charge in [0.2, 0.25) is 0 Å². The average molecular weight is 292 g/mol. The van der Waals surface area contributed by atoms with Crippen LogP contribution in [0.4, 0.5) is 0 Å². The molecule has 3 aromatic rings. The Morgan fingerprint density at radius 1 is 1.00 bits per heavy atom. The summed E-state index contributed by atoms with van der Waals surface area (Å²) in [6.07, 6.45) is 0.836. The molecule has 1 aliphatic rings. The van der Waals surface area contributed by atoms with Crippen molar-refractivity contribution in [1.29, 1.82) is 0 Å². The summed E-state index contributed by atoms with van der Waals surface area (Å²) in [6.45, 7) is 2.04. The highest BCUT2D eigenvalue weighted by Gasteiger charge is 2.32. The largest absolute Gasteiger partial charge is 0.489 e. The van der Waals surface area contributed by atoms with Crippen LogP contribution in [-0.4, -0.2) is 6.10 Å². The van der Waals surface area contributed by atoms with Crippen molar-refractivity contribution in [2.45, 2.75) is 25.4 Å². The van der Waals surface area contributed by atoms with Crippen LogP contribution in [-0.2, 0) is 0 Å². The Kier molecular flexibility index (Phi) is 3.00. The van der Waals surface area contributed by atoms with E-state index in [4.69, 9.17) is 9.15 Å². The molecule has 2 atom stereocenters.